The summed E-state index contributed by atoms with van der Waals surface area (Å²) in [6, 6.07) is 15.8. The fourth-order valence-corrected chi connectivity index (χ4v) is 4.71. The molecule has 1 N–H and O–H groups in total. The first-order valence-corrected chi connectivity index (χ1v) is 12.2. The Labute approximate surface area is 202 Å². The number of carbonyl (C=O) groups excluding carboxylic acids is 2. The van der Waals surface area contributed by atoms with E-state index >= 15 is 0 Å². The van der Waals surface area contributed by atoms with Crippen LogP contribution in [-0.4, -0.2) is 50.6 Å². The molecular formula is C27H27N5O3. The summed E-state index contributed by atoms with van der Waals surface area (Å²) in [5, 5.41) is 8.35. The molecule has 1 aliphatic heterocycles. The average Bonchev–Trinajstić information content (AvgIpc) is 3.39. The molecule has 1 aliphatic carbocycles. The number of piperidine rings is 1. The number of benzene rings is 1. The van der Waals surface area contributed by atoms with Gasteiger partial charge in [-0.05, 0) is 43.9 Å². The van der Waals surface area contributed by atoms with Gasteiger partial charge < -0.3 is 14.6 Å². The molecule has 1 saturated carbocycles. The summed E-state index contributed by atoms with van der Waals surface area (Å²) >= 11 is 0. The normalized spacial score (nSPS) is 16.5. The van der Waals surface area contributed by atoms with Crippen LogP contribution in [0.25, 0.3) is 22.3 Å². The van der Waals surface area contributed by atoms with Crippen molar-refractivity contribution in [3.63, 3.8) is 0 Å². The van der Waals surface area contributed by atoms with Crippen LogP contribution in [0.2, 0.25) is 0 Å². The van der Waals surface area contributed by atoms with Gasteiger partial charge in [0.2, 0.25) is 5.91 Å². The predicted octanol–water partition coefficient (Wildman–Crippen LogP) is 3.87. The topological polar surface area (TPSA) is 93.3 Å². The van der Waals surface area contributed by atoms with Gasteiger partial charge in [-0.15, -0.1) is 0 Å². The van der Waals surface area contributed by atoms with E-state index in [1.807, 2.05) is 53.4 Å². The van der Waals surface area contributed by atoms with E-state index in [2.05, 4.69) is 10.4 Å². The van der Waals surface area contributed by atoms with Gasteiger partial charge >= 0.3 is 0 Å². The third-order valence-corrected chi connectivity index (χ3v) is 6.87. The number of nitrogens with zero attached hydrogens (tertiary/aromatic N) is 4. The minimum atomic E-state index is -0.0480. The van der Waals surface area contributed by atoms with Crippen molar-refractivity contribution in [3.8, 4) is 11.3 Å². The molecule has 0 atom stereocenters. The SMILES string of the molecule is O=C(NC1CC1)C1CCN(C(=O)c2cc(-c3ccccc3)nc3c2cnn3Cc2ccco2)CC1. The van der Waals surface area contributed by atoms with Gasteiger partial charge in [0.25, 0.3) is 5.91 Å². The minimum absolute atomic E-state index is 0.0203. The van der Waals surface area contributed by atoms with E-state index in [1.165, 1.54) is 0 Å². The van der Waals surface area contributed by atoms with Crippen molar-refractivity contribution in [2.45, 2.75) is 38.3 Å². The molecule has 178 valence electrons. The van der Waals surface area contributed by atoms with Crippen LogP contribution in [0.5, 0.6) is 0 Å². The van der Waals surface area contributed by atoms with Crippen LogP contribution in [0, 0.1) is 5.92 Å². The van der Waals surface area contributed by atoms with E-state index in [0.717, 1.165) is 35.2 Å². The summed E-state index contributed by atoms with van der Waals surface area (Å²) in [5.41, 5.74) is 2.89. The largest absolute Gasteiger partial charge is 0.467 e. The zero-order valence-corrected chi connectivity index (χ0v) is 19.4. The highest BCUT2D eigenvalue weighted by Crippen LogP contribution is 2.28. The van der Waals surface area contributed by atoms with Gasteiger partial charge in [0.1, 0.15) is 12.3 Å². The molecule has 0 spiro atoms. The molecule has 8 nitrogen and oxygen atoms in total. The van der Waals surface area contributed by atoms with E-state index in [9.17, 15) is 9.59 Å². The van der Waals surface area contributed by atoms with Crippen molar-refractivity contribution in [2.75, 3.05) is 13.1 Å². The third-order valence-electron chi connectivity index (χ3n) is 6.87. The summed E-state index contributed by atoms with van der Waals surface area (Å²) in [6.07, 6.45) is 6.87. The maximum Gasteiger partial charge on any atom is 0.254 e. The fraction of sp³-hybridized carbons (Fsp3) is 0.333. The molecule has 2 amide bonds. The lowest BCUT2D eigenvalue weighted by atomic mass is 9.95. The van der Waals surface area contributed by atoms with Gasteiger partial charge in [0.15, 0.2) is 5.65 Å². The van der Waals surface area contributed by atoms with Crippen LogP contribution in [-0.2, 0) is 11.3 Å². The number of furan rings is 1. The molecule has 1 saturated heterocycles. The number of aromatic nitrogens is 3. The molecule has 1 aromatic carbocycles. The second-order valence-electron chi connectivity index (χ2n) is 9.39. The zero-order valence-electron chi connectivity index (χ0n) is 19.4. The number of carbonyl (C=O) groups is 2. The van der Waals surface area contributed by atoms with Gasteiger partial charge in [-0.2, -0.15) is 5.10 Å². The molecule has 35 heavy (non-hydrogen) atoms. The number of fused-ring (bicyclic) bond motifs is 1. The number of hydrogen-bond acceptors (Lipinski definition) is 5. The van der Waals surface area contributed by atoms with Crippen molar-refractivity contribution in [1.29, 1.82) is 0 Å². The lowest BCUT2D eigenvalue weighted by Crippen LogP contribution is -2.43. The number of nitrogens with one attached hydrogen (secondary N) is 1. The van der Waals surface area contributed by atoms with Crippen molar-refractivity contribution in [3.05, 3.63) is 72.3 Å². The summed E-state index contributed by atoms with van der Waals surface area (Å²) in [7, 11) is 0. The Morgan fingerprint density at radius 2 is 1.83 bits per heavy atom. The highest BCUT2D eigenvalue weighted by molar-refractivity contribution is 6.06. The van der Waals surface area contributed by atoms with E-state index in [4.69, 9.17) is 9.40 Å². The lowest BCUT2D eigenvalue weighted by Gasteiger charge is -2.31. The minimum Gasteiger partial charge on any atom is -0.467 e. The fourth-order valence-electron chi connectivity index (χ4n) is 4.71. The van der Waals surface area contributed by atoms with Gasteiger partial charge in [-0.25, -0.2) is 9.67 Å². The summed E-state index contributed by atoms with van der Waals surface area (Å²) in [6.45, 7) is 1.55. The standard InChI is InChI=1S/C27H27N5O3/c33-26(29-20-8-9-20)19-10-12-31(13-11-19)27(34)22-15-24(18-5-2-1-3-6-18)30-25-23(22)16-28-32(25)17-21-7-4-14-35-21/h1-7,14-16,19-20H,8-13,17H2,(H,29,33). The third kappa shape index (κ3) is 4.43. The van der Waals surface area contributed by atoms with Crippen molar-refractivity contribution in [1.82, 2.24) is 25.0 Å². The Morgan fingerprint density at radius 3 is 2.54 bits per heavy atom. The number of likely N-dealkylation sites (tertiary alicyclic amines) is 1. The van der Waals surface area contributed by atoms with Gasteiger partial charge in [0.05, 0.1) is 29.1 Å². The maximum absolute atomic E-state index is 13.7. The van der Waals surface area contributed by atoms with Crippen molar-refractivity contribution < 1.29 is 14.0 Å². The Bertz CT molecular complexity index is 1350. The Kier molecular flexibility index (Phi) is 5.56. The smallest absolute Gasteiger partial charge is 0.254 e. The van der Waals surface area contributed by atoms with E-state index < -0.39 is 0 Å². The van der Waals surface area contributed by atoms with Crippen LogP contribution < -0.4 is 5.32 Å². The van der Waals surface area contributed by atoms with Crippen LogP contribution in [0.3, 0.4) is 0 Å². The monoisotopic (exact) mass is 469 g/mol. The second-order valence-corrected chi connectivity index (χ2v) is 9.39. The van der Waals surface area contributed by atoms with Gasteiger partial charge in [0, 0.05) is 30.6 Å². The molecule has 6 rings (SSSR count). The van der Waals surface area contributed by atoms with Gasteiger partial charge in [-0.1, -0.05) is 30.3 Å². The maximum atomic E-state index is 13.7. The molecule has 4 heterocycles. The number of hydrogen-bond donors (Lipinski definition) is 1. The van der Waals surface area contributed by atoms with Crippen LogP contribution in [0.15, 0.2) is 65.4 Å². The number of rotatable bonds is 6. The lowest BCUT2D eigenvalue weighted by molar-refractivity contribution is -0.126. The molecule has 0 radical (unpaired) electrons. The van der Waals surface area contributed by atoms with Crippen LogP contribution in [0.1, 0.15) is 41.8 Å². The average molecular weight is 470 g/mol. The number of pyridine rings is 1. The Balaban J connectivity index is 1.30. The second kappa shape index (κ2) is 9.02. The Morgan fingerprint density at radius 1 is 1.03 bits per heavy atom. The van der Waals surface area contributed by atoms with Crippen molar-refractivity contribution in [2.24, 2.45) is 5.92 Å². The molecular weight excluding hydrogens is 442 g/mol. The Hall–Kier alpha value is -3.94. The molecule has 2 aliphatic rings. The highest BCUT2D eigenvalue weighted by atomic mass is 16.3. The van der Waals surface area contributed by atoms with Gasteiger partial charge in [-0.3, -0.25) is 9.59 Å². The zero-order chi connectivity index (χ0) is 23.8. The molecule has 0 unspecified atom stereocenters. The van der Waals surface area contributed by atoms with Crippen molar-refractivity contribution >= 4 is 22.8 Å². The molecule has 4 aromatic rings. The quantitative estimate of drug-likeness (QED) is 0.463. The van der Waals surface area contributed by atoms with Crippen LogP contribution in [0.4, 0.5) is 0 Å². The highest BCUT2D eigenvalue weighted by Gasteiger charge is 2.32. The van der Waals surface area contributed by atoms with E-state index in [0.29, 0.717) is 49.7 Å². The number of amides is 2. The van der Waals surface area contributed by atoms with E-state index in [1.54, 1.807) is 17.1 Å². The summed E-state index contributed by atoms with van der Waals surface area (Å²) < 4.78 is 7.27. The first kappa shape index (κ1) is 21.6. The van der Waals surface area contributed by atoms with Crippen LogP contribution >= 0.6 is 0 Å². The predicted molar refractivity (Wildman–Crippen MR) is 131 cm³/mol. The summed E-state index contributed by atoms with van der Waals surface area (Å²) in [5.74, 6) is 0.832. The molecule has 3 aromatic heterocycles. The first-order valence-electron chi connectivity index (χ1n) is 12.2. The molecule has 8 heteroatoms. The first-order chi connectivity index (χ1) is 17.2. The summed E-state index contributed by atoms with van der Waals surface area (Å²) in [4.78, 5) is 32.9. The van der Waals surface area contributed by atoms with E-state index in [-0.39, 0.29) is 17.7 Å². The molecule has 0 bridgehead atoms. The molecule has 2 fully saturated rings.